The van der Waals surface area contributed by atoms with Gasteiger partial charge in [0.1, 0.15) is 0 Å². The minimum Gasteiger partial charge on any atom is -0.322 e. The average Bonchev–Trinajstić information content (AvgIpc) is 2.00. The van der Waals surface area contributed by atoms with E-state index in [1.165, 1.54) is 0 Å². The summed E-state index contributed by atoms with van der Waals surface area (Å²) in [7, 11) is 4.28. The molecule has 0 heterocycles. The Morgan fingerprint density at radius 1 is 1.10 bits per heavy atom. The van der Waals surface area contributed by atoms with Gasteiger partial charge in [0, 0.05) is 0 Å². The molecule has 0 radical (unpaired) electrons. The van der Waals surface area contributed by atoms with Gasteiger partial charge in [0.2, 0.25) is 0 Å². The maximum absolute atomic E-state index is 2.45. The van der Waals surface area contributed by atoms with Crippen LogP contribution in [-0.2, 0) is 0 Å². The highest BCUT2D eigenvalue weighted by Gasteiger charge is 2.18. The minimum atomic E-state index is 0.535. The minimum absolute atomic E-state index is 0.535. The Morgan fingerprint density at radius 3 is 1.60 bits per heavy atom. The second-order valence-electron chi connectivity index (χ2n) is 2.46. The fourth-order valence-electron chi connectivity index (χ4n) is 0.638. The van der Waals surface area contributed by atoms with Crippen LogP contribution >= 0.6 is 22.4 Å². The molecule has 0 aliphatic heterocycles. The smallest absolute Gasteiger partial charge is 0.322 e. The zero-order chi connectivity index (χ0) is 8.15. The quantitative estimate of drug-likeness (QED) is 0.551. The van der Waals surface area contributed by atoms with Crippen molar-refractivity contribution < 1.29 is 0 Å². The van der Waals surface area contributed by atoms with Crippen LogP contribution in [0.2, 0.25) is 0 Å². The maximum atomic E-state index is 2.45. The Labute approximate surface area is 77.9 Å². The Balaban J connectivity index is 3.69. The van der Waals surface area contributed by atoms with Crippen LogP contribution in [0, 0.1) is 0 Å². The van der Waals surface area contributed by atoms with E-state index in [1.807, 2.05) is 0 Å². The van der Waals surface area contributed by atoms with Crippen molar-refractivity contribution in [2.75, 3.05) is 27.2 Å². The molecular weight excluding hydrogens is 238 g/mol. The lowest BCUT2D eigenvalue weighted by molar-refractivity contribution is 0.464. The first kappa shape index (κ1) is 10.7. The molecule has 0 spiro atoms. The molecule has 10 heavy (non-hydrogen) atoms. The Morgan fingerprint density at radius 2 is 1.40 bits per heavy atom. The Kier molecular flexibility index (Phi) is 5.76. The Bertz CT molecular complexity index is 81.8. The lowest BCUT2D eigenvalue weighted by Crippen LogP contribution is -2.44. The molecule has 0 bridgehead atoms. The van der Waals surface area contributed by atoms with Crippen LogP contribution in [-0.4, -0.2) is 41.6 Å². The Hall–Kier alpha value is 0.715. The number of nitrogens with zero attached hydrogens (tertiary/aromatic N) is 2. The van der Waals surface area contributed by atoms with Gasteiger partial charge in [-0.1, -0.05) is 13.8 Å². The lowest BCUT2D eigenvalue weighted by Gasteiger charge is -2.25. The molecule has 0 saturated heterocycles. The largest absolute Gasteiger partial charge is 0.384 e. The van der Waals surface area contributed by atoms with Crippen molar-refractivity contribution in [1.29, 1.82) is 0 Å². The molecule has 0 fully saturated rings. The first-order chi connectivity index (χ1) is 4.63. The van der Waals surface area contributed by atoms with Gasteiger partial charge in [0.15, 0.2) is 0 Å². The van der Waals surface area contributed by atoms with Crippen molar-refractivity contribution in [3.63, 3.8) is 0 Å². The fraction of sp³-hybridized carbons (Fsp3) is 1.00. The van der Waals surface area contributed by atoms with E-state index in [-0.39, 0.29) is 0 Å². The second-order valence-corrected chi connectivity index (χ2v) is 3.57. The second kappa shape index (κ2) is 5.38. The van der Waals surface area contributed by atoms with Gasteiger partial charge in [-0.15, -0.1) is 22.4 Å². The molecule has 0 amide bonds. The molecule has 0 aromatic heterocycles. The summed E-state index contributed by atoms with van der Waals surface area (Å²) < 4.78 is 0. The first-order valence-corrected chi connectivity index (χ1v) is 4.92. The summed E-state index contributed by atoms with van der Waals surface area (Å²) in [6.07, 6.45) is 0. The summed E-state index contributed by atoms with van der Waals surface area (Å²) in [5.74, 6) is 0. The summed E-state index contributed by atoms with van der Waals surface area (Å²) in [4.78, 5) is 5.15. The van der Waals surface area contributed by atoms with Gasteiger partial charge in [0.05, 0.1) is 0 Å². The van der Waals surface area contributed by atoms with E-state index in [1.54, 1.807) is 0 Å². The third kappa shape index (κ3) is 3.21. The van der Waals surface area contributed by atoms with E-state index in [0.717, 1.165) is 13.1 Å². The van der Waals surface area contributed by atoms with Crippen LogP contribution in [0.1, 0.15) is 13.8 Å². The van der Waals surface area contributed by atoms with Crippen molar-refractivity contribution in [3.05, 3.63) is 0 Å². The number of hydrogen-bond donors (Lipinski definition) is 0. The summed E-state index contributed by atoms with van der Waals surface area (Å²) in [6.45, 7) is 6.57. The van der Waals surface area contributed by atoms with Gasteiger partial charge in [0.25, 0.3) is 0 Å². The van der Waals surface area contributed by atoms with E-state index >= 15 is 0 Å². The SMILES string of the molecule is CCN(C)B(I)N(C)CC. The van der Waals surface area contributed by atoms with Gasteiger partial charge >= 0.3 is 4.84 Å². The summed E-state index contributed by atoms with van der Waals surface area (Å²) in [5, 5.41) is 0. The molecule has 0 atom stereocenters. The van der Waals surface area contributed by atoms with Crippen LogP contribution in [0.4, 0.5) is 0 Å². The highest BCUT2D eigenvalue weighted by Crippen LogP contribution is 2.03. The monoisotopic (exact) mass is 254 g/mol. The van der Waals surface area contributed by atoms with Crippen LogP contribution in [0.15, 0.2) is 0 Å². The van der Waals surface area contributed by atoms with Crippen LogP contribution in [0.3, 0.4) is 0 Å². The highest BCUT2D eigenvalue weighted by molar-refractivity contribution is 14.1. The maximum Gasteiger partial charge on any atom is 0.384 e. The topological polar surface area (TPSA) is 6.48 Å². The molecule has 0 saturated carbocycles. The van der Waals surface area contributed by atoms with Gasteiger partial charge in [-0.3, -0.25) is 0 Å². The highest BCUT2D eigenvalue weighted by atomic mass is 127. The predicted octanol–water partition coefficient (Wildman–Crippen LogP) is 1.31. The third-order valence-electron chi connectivity index (χ3n) is 1.73. The summed E-state index contributed by atoms with van der Waals surface area (Å²) in [5.41, 5.74) is 0. The van der Waals surface area contributed by atoms with E-state index in [9.17, 15) is 0 Å². The zero-order valence-corrected chi connectivity index (χ0v) is 9.42. The summed E-state index contributed by atoms with van der Waals surface area (Å²) >= 11 is 2.45. The molecule has 0 aromatic rings. The molecular formula is C6H16BIN2. The average molecular weight is 254 g/mol. The van der Waals surface area contributed by atoms with Crippen LogP contribution in [0.5, 0.6) is 0 Å². The predicted molar refractivity (Wildman–Crippen MR) is 56.4 cm³/mol. The number of rotatable bonds is 4. The lowest BCUT2D eigenvalue weighted by atomic mass is 10.1. The zero-order valence-electron chi connectivity index (χ0n) is 7.26. The molecule has 60 valence electrons. The van der Waals surface area contributed by atoms with E-state index in [4.69, 9.17) is 0 Å². The normalized spacial score (nSPS) is 11.1. The first-order valence-electron chi connectivity index (χ1n) is 3.68. The van der Waals surface area contributed by atoms with Gasteiger partial charge in [-0.05, 0) is 27.2 Å². The van der Waals surface area contributed by atoms with Gasteiger partial charge < -0.3 is 9.62 Å². The molecule has 0 aliphatic rings. The summed E-state index contributed by atoms with van der Waals surface area (Å²) in [6, 6.07) is 0. The number of halogens is 1. The molecule has 2 nitrogen and oxygen atoms in total. The molecule has 0 aromatic carbocycles. The van der Waals surface area contributed by atoms with E-state index < -0.39 is 0 Å². The van der Waals surface area contributed by atoms with Crippen molar-refractivity contribution >= 4 is 27.2 Å². The molecule has 4 heteroatoms. The molecule has 0 rings (SSSR count). The standard InChI is InChI=1S/C6H16BIN2/c1-5-9(3)7(8)10(4)6-2/h5-6H2,1-4H3. The van der Waals surface area contributed by atoms with E-state index in [2.05, 4.69) is 59.9 Å². The van der Waals surface area contributed by atoms with Gasteiger partial charge in [-0.2, -0.15) is 0 Å². The molecule has 0 unspecified atom stereocenters. The molecule has 0 N–H and O–H groups in total. The van der Waals surface area contributed by atoms with Crippen LogP contribution < -0.4 is 0 Å². The van der Waals surface area contributed by atoms with Gasteiger partial charge in [-0.25, -0.2) is 0 Å². The molecule has 0 aliphatic carbocycles. The third-order valence-corrected chi connectivity index (χ3v) is 3.63. The van der Waals surface area contributed by atoms with Crippen molar-refractivity contribution in [1.82, 2.24) is 9.62 Å². The number of hydrogen-bond acceptors (Lipinski definition) is 2. The van der Waals surface area contributed by atoms with Crippen molar-refractivity contribution in [2.45, 2.75) is 13.8 Å². The van der Waals surface area contributed by atoms with Crippen LogP contribution in [0.25, 0.3) is 0 Å². The van der Waals surface area contributed by atoms with E-state index in [0.29, 0.717) is 4.84 Å². The van der Waals surface area contributed by atoms with Crippen molar-refractivity contribution in [2.24, 2.45) is 0 Å². The fourth-order valence-corrected chi connectivity index (χ4v) is 1.43. The van der Waals surface area contributed by atoms with Crippen molar-refractivity contribution in [3.8, 4) is 0 Å².